The summed E-state index contributed by atoms with van der Waals surface area (Å²) in [5.74, 6) is 0.949. The third kappa shape index (κ3) is 3.94. The standard InChI is InChI=1S/C14H22N2OS.ClH/c1-10-8-13(18-11(10)2)14(17)16-6-4-12(5-7-16)9-15-3;/h8,12,15H,4-7,9H2,1-3H3;1H. The van der Waals surface area contributed by atoms with Crippen LogP contribution in [0.2, 0.25) is 0 Å². The number of carbonyl (C=O) groups excluding carboxylic acids is 1. The Morgan fingerprint density at radius 1 is 1.42 bits per heavy atom. The summed E-state index contributed by atoms with van der Waals surface area (Å²) in [6.07, 6.45) is 2.24. The second-order valence-corrected chi connectivity index (χ2v) is 6.40. The lowest BCUT2D eigenvalue weighted by atomic mass is 9.97. The van der Waals surface area contributed by atoms with E-state index >= 15 is 0 Å². The number of thiophene rings is 1. The first kappa shape index (κ1) is 16.5. The Bertz CT molecular complexity index is 406. The molecule has 2 heterocycles. The van der Waals surface area contributed by atoms with Gasteiger partial charge in [-0.3, -0.25) is 4.79 Å². The molecule has 0 radical (unpaired) electrons. The maximum atomic E-state index is 12.4. The molecule has 1 aromatic rings. The van der Waals surface area contributed by atoms with E-state index in [1.165, 1.54) is 10.4 Å². The largest absolute Gasteiger partial charge is 0.338 e. The summed E-state index contributed by atoms with van der Waals surface area (Å²) in [5, 5.41) is 3.22. The summed E-state index contributed by atoms with van der Waals surface area (Å²) >= 11 is 1.62. The van der Waals surface area contributed by atoms with Crippen LogP contribution in [0.3, 0.4) is 0 Å². The van der Waals surface area contributed by atoms with Crippen LogP contribution in [0.1, 0.15) is 33.0 Å². The molecule has 19 heavy (non-hydrogen) atoms. The quantitative estimate of drug-likeness (QED) is 0.931. The van der Waals surface area contributed by atoms with Crippen molar-refractivity contribution in [2.24, 2.45) is 5.92 Å². The fraction of sp³-hybridized carbons (Fsp3) is 0.643. The number of piperidine rings is 1. The van der Waals surface area contributed by atoms with Crippen molar-refractivity contribution < 1.29 is 4.79 Å². The molecule has 1 amide bonds. The van der Waals surface area contributed by atoms with E-state index in [4.69, 9.17) is 0 Å². The van der Waals surface area contributed by atoms with Gasteiger partial charge < -0.3 is 10.2 Å². The molecule has 1 aromatic heterocycles. The number of halogens is 1. The number of rotatable bonds is 3. The van der Waals surface area contributed by atoms with Crippen LogP contribution in [0.4, 0.5) is 0 Å². The van der Waals surface area contributed by atoms with Crippen LogP contribution in [0.25, 0.3) is 0 Å². The van der Waals surface area contributed by atoms with Crippen molar-refractivity contribution >= 4 is 29.7 Å². The average Bonchev–Trinajstić information content (AvgIpc) is 2.70. The minimum atomic E-state index is 0. The predicted molar refractivity (Wildman–Crippen MR) is 83.6 cm³/mol. The summed E-state index contributed by atoms with van der Waals surface area (Å²) in [5.41, 5.74) is 1.23. The van der Waals surface area contributed by atoms with Gasteiger partial charge in [-0.25, -0.2) is 0 Å². The van der Waals surface area contributed by atoms with Crippen LogP contribution < -0.4 is 5.32 Å². The third-order valence-electron chi connectivity index (χ3n) is 3.77. The van der Waals surface area contributed by atoms with E-state index in [2.05, 4.69) is 19.2 Å². The summed E-state index contributed by atoms with van der Waals surface area (Å²) in [4.78, 5) is 16.5. The molecule has 0 saturated carbocycles. The van der Waals surface area contributed by atoms with Crippen LogP contribution >= 0.6 is 23.7 Å². The molecule has 1 saturated heterocycles. The molecular formula is C14H23ClN2OS. The molecule has 1 N–H and O–H groups in total. The maximum Gasteiger partial charge on any atom is 0.263 e. The van der Waals surface area contributed by atoms with E-state index in [1.807, 2.05) is 18.0 Å². The molecular weight excluding hydrogens is 280 g/mol. The molecule has 0 atom stereocenters. The summed E-state index contributed by atoms with van der Waals surface area (Å²) in [7, 11) is 1.99. The number of amides is 1. The first-order valence-corrected chi connectivity index (χ1v) is 7.44. The van der Waals surface area contributed by atoms with Crippen molar-refractivity contribution in [2.45, 2.75) is 26.7 Å². The number of carbonyl (C=O) groups is 1. The highest BCUT2D eigenvalue weighted by atomic mass is 35.5. The lowest BCUT2D eigenvalue weighted by Gasteiger charge is -2.31. The van der Waals surface area contributed by atoms with Gasteiger partial charge in [-0.1, -0.05) is 0 Å². The van der Waals surface area contributed by atoms with E-state index in [9.17, 15) is 4.79 Å². The Hall–Kier alpha value is -0.580. The van der Waals surface area contributed by atoms with Gasteiger partial charge in [0.15, 0.2) is 0 Å². The zero-order valence-electron chi connectivity index (χ0n) is 11.9. The van der Waals surface area contributed by atoms with Gasteiger partial charge in [-0.2, -0.15) is 0 Å². The molecule has 1 aliphatic heterocycles. The average molecular weight is 303 g/mol. The molecule has 0 aliphatic carbocycles. The SMILES string of the molecule is CNCC1CCN(C(=O)c2cc(C)c(C)s2)CC1.Cl. The number of likely N-dealkylation sites (tertiary alicyclic amines) is 1. The highest BCUT2D eigenvalue weighted by Gasteiger charge is 2.24. The fourth-order valence-electron chi connectivity index (χ4n) is 2.46. The van der Waals surface area contributed by atoms with Crippen molar-refractivity contribution in [1.82, 2.24) is 10.2 Å². The topological polar surface area (TPSA) is 32.3 Å². The van der Waals surface area contributed by atoms with Gasteiger partial charge >= 0.3 is 0 Å². The van der Waals surface area contributed by atoms with Gasteiger partial charge in [-0.05, 0) is 57.8 Å². The highest BCUT2D eigenvalue weighted by Crippen LogP contribution is 2.24. The van der Waals surface area contributed by atoms with Crippen LogP contribution in [-0.2, 0) is 0 Å². The molecule has 3 nitrogen and oxygen atoms in total. The van der Waals surface area contributed by atoms with Crippen LogP contribution in [0.5, 0.6) is 0 Å². The van der Waals surface area contributed by atoms with E-state index < -0.39 is 0 Å². The highest BCUT2D eigenvalue weighted by molar-refractivity contribution is 7.14. The number of nitrogens with zero attached hydrogens (tertiary/aromatic N) is 1. The Labute approximate surface area is 125 Å². The second kappa shape index (κ2) is 7.27. The lowest BCUT2D eigenvalue weighted by molar-refractivity contribution is 0.0696. The van der Waals surface area contributed by atoms with Gasteiger partial charge in [0, 0.05) is 18.0 Å². The number of aryl methyl sites for hydroxylation is 2. The molecule has 1 fully saturated rings. The first-order chi connectivity index (χ1) is 8.61. The van der Waals surface area contributed by atoms with E-state index in [1.54, 1.807) is 11.3 Å². The zero-order valence-corrected chi connectivity index (χ0v) is 13.5. The molecule has 0 unspecified atom stereocenters. The number of nitrogens with one attached hydrogen (secondary N) is 1. The van der Waals surface area contributed by atoms with E-state index in [-0.39, 0.29) is 18.3 Å². The van der Waals surface area contributed by atoms with Crippen molar-refractivity contribution in [2.75, 3.05) is 26.7 Å². The minimum absolute atomic E-state index is 0. The Kier molecular flexibility index (Phi) is 6.30. The number of hydrogen-bond donors (Lipinski definition) is 1. The molecule has 5 heteroatoms. The second-order valence-electron chi connectivity index (χ2n) is 5.14. The molecule has 2 rings (SSSR count). The smallest absolute Gasteiger partial charge is 0.263 e. The van der Waals surface area contributed by atoms with Gasteiger partial charge in [0.25, 0.3) is 5.91 Å². The zero-order chi connectivity index (χ0) is 13.1. The van der Waals surface area contributed by atoms with Crippen LogP contribution in [0, 0.1) is 19.8 Å². The van der Waals surface area contributed by atoms with E-state index in [0.717, 1.165) is 43.3 Å². The van der Waals surface area contributed by atoms with Gasteiger partial charge in [0.2, 0.25) is 0 Å². The fourth-order valence-corrected chi connectivity index (χ4v) is 3.47. The van der Waals surface area contributed by atoms with Gasteiger partial charge in [-0.15, -0.1) is 23.7 Å². The lowest BCUT2D eigenvalue weighted by Crippen LogP contribution is -2.40. The van der Waals surface area contributed by atoms with Crippen molar-refractivity contribution in [1.29, 1.82) is 0 Å². The Morgan fingerprint density at radius 2 is 2.05 bits per heavy atom. The summed E-state index contributed by atoms with van der Waals surface area (Å²) in [6, 6.07) is 2.03. The molecule has 0 aromatic carbocycles. The van der Waals surface area contributed by atoms with Crippen LogP contribution in [-0.4, -0.2) is 37.5 Å². The van der Waals surface area contributed by atoms with Gasteiger partial charge in [0.1, 0.15) is 0 Å². The molecule has 0 spiro atoms. The first-order valence-electron chi connectivity index (χ1n) is 6.62. The van der Waals surface area contributed by atoms with Crippen molar-refractivity contribution in [3.8, 4) is 0 Å². The Balaban J connectivity index is 0.00000180. The van der Waals surface area contributed by atoms with E-state index in [0.29, 0.717) is 0 Å². The minimum Gasteiger partial charge on any atom is -0.338 e. The number of hydrogen-bond acceptors (Lipinski definition) is 3. The maximum absolute atomic E-state index is 12.4. The normalized spacial score (nSPS) is 16.3. The summed E-state index contributed by atoms with van der Waals surface area (Å²) in [6.45, 7) is 7.03. The Morgan fingerprint density at radius 3 is 2.53 bits per heavy atom. The van der Waals surface area contributed by atoms with Crippen LogP contribution in [0.15, 0.2) is 6.07 Å². The predicted octanol–water partition coefficient (Wildman–Crippen LogP) is 2.86. The van der Waals surface area contributed by atoms with Crippen molar-refractivity contribution in [3.63, 3.8) is 0 Å². The molecule has 1 aliphatic rings. The third-order valence-corrected chi connectivity index (χ3v) is 4.91. The monoisotopic (exact) mass is 302 g/mol. The molecule has 108 valence electrons. The van der Waals surface area contributed by atoms with Gasteiger partial charge in [0.05, 0.1) is 4.88 Å². The summed E-state index contributed by atoms with van der Waals surface area (Å²) < 4.78 is 0. The van der Waals surface area contributed by atoms with Crippen molar-refractivity contribution in [3.05, 3.63) is 21.4 Å². The molecule has 0 bridgehead atoms.